The van der Waals surface area contributed by atoms with Crippen molar-refractivity contribution in [1.29, 1.82) is 0 Å². The van der Waals surface area contributed by atoms with Crippen molar-refractivity contribution in [2.24, 2.45) is 5.73 Å². The van der Waals surface area contributed by atoms with Crippen LogP contribution in [0.1, 0.15) is 75.0 Å². The van der Waals surface area contributed by atoms with E-state index in [1.807, 2.05) is 13.0 Å². The molecular weight excluding hydrogens is 526 g/mol. The van der Waals surface area contributed by atoms with Crippen LogP contribution >= 0.6 is 0 Å². The number of aryl methyl sites for hydroxylation is 1. The number of alkyl halides is 3. The summed E-state index contributed by atoms with van der Waals surface area (Å²) < 4.78 is 58.4. The average Bonchev–Trinajstić information content (AvgIpc) is 2.89. The van der Waals surface area contributed by atoms with Gasteiger partial charge in [-0.15, -0.1) is 0 Å². The Labute approximate surface area is 234 Å². The summed E-state index contributed by atoms with van der Waals surface area (Å²) in [6, 6.07) is 9.93. The van der Waals surface area contributed by atoms with E-state index in [0.29, 0.717) is 69.8 Å². The van der Waals surface area contributed by atoms with Crippen molar-refractivity contribution < 1.29 is 31.9 Å². The molecule has 222 valence electrons. The topological polar surface area (TPSA) is 84.7 Å². The van der Waals surface area contributed by atoms with Gasteiger partial charge in [-0.1, -0.05) is 25.1 Å². The molecule has 10 heteroatoms. The predicted molar refractivity (Wildman–Crippen MR) is 147 cm³/mol. The first-order valence-corrected chi connectivity index (χ1v) is 13.9. The third kappa shape index (κ3) is 13.3. The number of hydrogen-bond acceptors (Lipinski definition) is 4. The fourth-order valence-corrected chi connectivity index (χ4v) is 4.32. The summed E-state index contributed by atoms with van der Waals surface area (Å²) in [4.78, 5) is 25.1. The van der Waals surface area contributed by atoms with Crippen molar-refractivity contribution in [3.63, 3.8) is 0 Å². The molecule has 0 atom stereocenters. The van der Waals surface area contributed by atoms with Crippen molar-refractivity contribution in [3.8, 4) is 5.75 Å². The number of hydrogen-bond donors (Lipinski definition) is 2. The zero-order chi connectivity index (χ0) is 29.4. The maximum Gasteiger partial charge on any atom is 0.416 e. The number of rotatable bonds is 19. The molecule has 2 amide bonds. The lowest BCUT2D eigenvalue weighted by atomic mass is 10.1. The zero-order valence-electron chi connectivity index (χ0n) is 23.2. The van der Waals surface area contributed by atoms with E-state index in [1.54, 1.807) is 11.0 Å². The van der Waals surface area contributed by atoms with Gasteiger partial charge in [0.2, 0.25) is 11.8 Å². The van der Waals surface area contributed by atoms with Crippen LogP contribution < -0.4 is 15.8 Å². The first-order chi connectivity index (χ1) is 19.1. The van der Waals surface area contributed by atoms with Crippen molar-refractivity contribution in [1.82, 2.24) is 10.2 Å². The maximum atomic E-state index is 14.1. The molecule has 2 aromatic rings. The Bertz CT molecular complexity index is 1060. The summed E-state index contributed by atoms with van der Waals surface area (Å²) in [5.41, 5.74) is 5.88. The van der Waals surface area contributed by atoms with Gasteiger partial charge < -0.3 is 20.7 Å². The Morgan fingerprint density at radius 3 is 2.48 bits per heavy atom. The first-order valence-electron chi connectivity index (χ1n) is 13.9. The summed E-state index contributed by atoms with van der Waals surface area (Å²) in [5, 5.41) is 3.16. The second-order valence-electron chi connectivity index (χ2n) is 9.88. The van der Waals surface area contributed by atoms with Crippen LogP contribution in [0, 0.1) is 5.82 Å². The molecule has 0 aromatic heterocycles. The zero-order valence-corrected chi connectivity index (χ0v) is 23.2. The highest BCUT2D eigenvalue weighted by Gasteiger charge is 2.30. The number of nitrogens with zero attached hydrogens (tertiary/aromatic N) is 1. The number of nitrogens with one attached hydrogen (secondary N) is 1. The molecule has 0 saturated carbocycles. The van der Waals surface area contributed by atoms with Gasteiger partial charge in [-0.05, 0) is 80.8 Å². The minimum absolute atomic E-state index is 0.0182. The SMILES string of the molecule is CCCN(CCCCOc1cc(F)cc(CCCCNCc2cccc(C(F)(F)F)c2)c1)C(=O)CCCC(N)=O. The van der Waals surface area contributed by atoms with Gasteiger partial charge in [0.15, 0.2) is 0 Å². The molecule has 0 aliphatic heterocycles. The summed E-state index contributed by atoms with van der Waals surface area (Å²) in [6.45, 7) is 4.65. The molecule has 0 heterocycles. The maximum absolute atomic E-state index is 14.1. The molecular formula is C30H41F4N3O3. The molecule has 2 rings (SSSR count). The van der Waals surface area contributed by atoms with Gasteiger partial charge in [-0.25, -0.2) is 4.39 Å². The number of halogens is 4. The number of unbranched alkanes of at least 4 members (excludes halogenated alkanes) is 2. The molecule has 3 N–H and O–H groups in total. The summed E-state index contributed by atoms with van der Waals surface area (Å²) >= 11 is 0. The van der Waals surface area contributed by atoms with E-state index >= 15 is 0 Å². The Morgan fingerprint density at radius 2 is 1.75 bits per heavy atom. The van der Waals surface area contributed by atoms with Crippen LogP contribution in [-0.4, -0.2) is 43.0 Å². The van der Waals surface area contributed by atoms with Crippen LogP contribution in [0.15, 0.2) is 42.5 Å². The molecule has 0 bridgehead atoms. The Kier molecular flexibility index (Phi) is 14.5. The number of ether oxygens (including phenoxy) is 1. The monoisotopic (exact) mass is 567 g/mol. The molecule has 6 nitrogen and oxygen atoms in total. The van der Waals surface area contributed by atoms with E-state index in [2.05, 4.69) is 5.32 Å². The molecule has 0 radical (unpaired) electrons. The first kappa shape index (κ1) is 33.1. The number of carbonyl (C=O) groups excluding carboxylic acids is 2. The standard InChI is InChI=1S/C30H41F4N3O3/c1-2-15-37(29(39)13-8-12-28(35)38)16-5-6-17-40-27-20-23(19-26(31)21-27)9-3-4-14-36-22-24-10-7-11-25(18-24)30(32,33)34/h7,10-11,18-21,36H,2-6,8-9,12-17,22H2,1H3,(H2,35,38). The number of primary amides is 1. The molecule has 2 aromatic carbocycles. The number of benzene rings is 2. The van der Waals surface area contributed by atoms with Gasteiger partial charge in [0.05, 0.1) is 12.2 Å². The third-order valence-electron chi connectivity index (χ3n) is 6.33. The summed E-state index contributed by atoms with van der Waals surface area (Å²) in [5.74, 6) is -0.293. The van der Waals surface area contributed by atoms with E-state index in [4.69, 9.17) is 10.5 Å². The molecule has 0 aliphatic carbocycles. The normalized spacial score (nSPS) is 11.4. The average molecular weight is 568 g/mol. The predicted octanol–water partition coefficient (Wildman–Crippen LogP) is 6.01. The number of amides is 2. The van der Waals surface area contributed by atoms with Crippen molar-refractivity contribution >= 4 is 11.8 Å². The highest BCUT2D eigenvalue weighted by molar-refractivity contribution is 5.78. The van der Waals surface area contributed by atoms with Gasteiger partial charge in [0.1, 0.15) is 11.6 Å². The second kappa shape index (κ2) is 17.5. The number of carbonyl (C=O) groups is 2. The minimum Gasteiger partial charge on any atom is -0.493 e. The molecule has 40 heavy (non-hydrogen) atoms. The third-order valence-corrected chi connectivity index (χ3v) is 6.33. The van der Waals surface area contributed by atoms with E-state index in [9.17, 15) is 27.2 Å². The lowest BCUT2D eigenvalue weighted by Gasteiger charge is -2.22. The van der Waals surface area contributed by atoms with E-state index in [1.165, 1.54) is 18.2 Å². The number of nitrogens with two attached hydrogens (primary N) is 1. The molecule has 0 unspecified atom stereocenters. The van der Waals surface area contributed by atoms with Gasteiger partial charge in [-0.3, -0.25) is 9.59 Å². The quantitative estimate of drug-likeness (QED) is 0.161. The van der Waals surface area contributed by atoms with Crippen LogP contribution in [-0.2, 0) is 28.7 Å². The van der Waals surface area contributed by atoms with Gasteiger partial charge in [0, 0.05) is 38.5 Å². The van der Waals surface area contributed by atoms with Crippen molar-refractivity contribution in [3.05, 3.63) is 65.0 Å². The Balaban J connectivity index is 1.67. The highest BCUT2D eigenvalue weighted by atomic mass is 19.4. The Hall–Kier alpha value is -3.14. The lowest BCUT2D eigenvalue weighted by Crippen LogP contribution is -2.32. The van der Waals surface area contributed by atoms with E-state index in [0.717, 1.165) is 43.4 Å². The molecule has 0 saturated heterocycles. The van der Waals surface area contributed by atoms with Crippen LogP contribution in [0.2, 0.25) is 0 Å². The van der Waals surface area contributed by atoms with Gasteiger partial charge in [-0.2, -0.15) is 13.2 Å². The van der Waals surface area contributed by atoms with Gasteiger partial charge >= 0.3 is 6.18 Å². The van der Waals surface area contributed by atoms with Crippen molar-refractivity contribution in [2.45, 2.75) is 77.4 Å². The van der Waals surface area contributed by atoms with Gasteiger partial charge in [0.25, 0.3) is 0 Å². The highest BCUT2D eigenvalue weighted by Crippen LogP contribution is 2.29. The van der Waals surface area contributed by atoms with Crippen LogP contribution in [0.5, 0.6) is 5.75 Å². The summed E-state index contributed by atoms with van der Waals surface area (Å²) in [6.07, 6.45) is 1.14. The molecule has 0 spiro atoms. The van der Waals surface area contributed by atoms with Crippen molar-refractivity contribution in [2.75, 3.05) is 26.2 Å². The Morgan fingerprint density at radius 1 is 0.950 bits per heavy atom. The fraction of sp³-hybridized carbons (Fsp3) is 0.533. The lowest BCUT2D eigenvalue weighted by molar-refractivity contribution is -0.137. The smallest absolute Gasteiger partial charge is 0.416 e. The molecule has 0 aliphatic rings. The second-order valence-corrected chi connectivity index (χ2v) is 9.88. The minimum atomic E-state index is -4.35. The van der Waals surface area contributed by atoms with Crippen LogP contribution in [0.4, 0.5) is 17.6 Å². The summed E-state index contributed by atoms with van der Waals surface area (Å²) in [7, 11) is 0. The van der Waals surface area contributed by atoms with E-state index < -0.39 is 17.6 Å². The fourth-order valence-electron chi connectivity index (χ4n) is 4.32. The van der Waals surface area contributed by atoms with E-state index in [-0.39, 0.29) is 18.1 Å². The van der Waals surface area contributed by atoms with Crippen LogP contribution in [0.25, 0.3) is 0 Å². The van der Waals surface area contributed by atoms with Crippen LogP contribution in [0.3, 0.4) is 0 Å². The molecule has 0 fully saturated rings. The largest absolute Gasteiger partial charge is 0.493 e.